The number of rotatable bonds is 3. The molecule has 2 heterocycles. The van der Waals surface area contributed by atoms with Gasteiger partial charge in [-0.25, -0.2) is 9.59 Å². The van der Waals surface area contributed by atoms with Crippen molar-refractivity contribution in [2.45, 2.75) is 37.8 Å². The lowest BCUT2D eigenvalue weighted by Gasteiger charge is -2.36. The molecule has 2 aromatic rings. The Labute approximate surface area is 175 Å². The zero-order valence-corrected chi connectivity index (χ0v) is 16.9. The molecule has 0 unspecified atom stereocenters. The molecule has 156 valence electrons. The van der Waals surface area contributed by atoms with Crippen molar-refractivity contribution in [3.8, 4) is 0 Å². The van der Waals surface area contributed by atoms with Crippen LogP contribution in [-0.4, -0.2) is 47.5 Å². The molecule has 2 aliphatic heterocycles. The molecule has 7 nitrogen and oxygen atoms in total. The highest BCUT2D eigenvalue weighted by Crippen LogP contribution is 2.28. The van der Waals surface area contributed by atoms with Crippen molar-refractivity contribution in [3.05, 3.63) is 65.7 Å². The Balaban J connectivity index is 1.31. The van der Waals surface area contributed by atoms with Crippen molar-refractivity contribution in [1.82, 2.24) is 10.2 Å². The molecule has 1 saturated heterocycles. The van der Waals surface area contributed by atoms with Crippen LogP contribution in [0.5, 0.6) is 0 Å². The number of amides is 3. The van der Waals surface area contributed by atoms with Crippen LogP contribution in [0, 0.1) is 0 Å². The number of likely N-dealkylation sites (tertiary alicyclic amines) is 1. The van der Waals surface area contributed by atoms with Gasteiger partial charge in [-0.1, -0.05) is 36.4 Å². The first kappa shape index (κ1) is 19.9. The fourth-order valence-corrected chi connectivity index (χ4v) is 3.95. The number of nitrogens with one attached hydrogen (secondary N) is 2. The summed E-state index contributed by atoms with van der Waals surface area (Å²) in [6.45, 7) is 2.74. The van der Waals surface area contributed by atoms with E-state index in [-0.39, 0.29) is 18.0 Å². The molecule has 7 heteroatoms. The zero-order chi connectivity index (χ0) is 21.1. The summed E-state index contributed by atoms with van der Waals surface area (Å²) in [5.74, 6) is -0.764. The highest BCUT2D eigenvalue weighted by atomic mass is 16.6. The third-order valence-corrected chi connectivity index (χ3v) is 5.71. The van der Waals surface area contributed by atoms with Crippen molar-refractivity contribution < 1.29 is 19.1 Å². The highest BCUT2D eigenvalue weighted by molar-refractivity contribution is 5.97. The van der Waals surface area contributed by atoms with Crippen LogP contribution in [0.2, 0.25) is 0 Å². The zero-order valence-electron chi connectivity index (χ0n) is 16.9. The predicted molar refractivity (Wildman–Crippen MR) is 112 cm³/mol. The number of anilines is 1. The van der Waals surface area contributed by atoms with Gasteiger partial charge >= 0.3 is 12.0 Å². The molecule has 0 radical (unpaired) electrons. The van der Waals surface area contributed by atoms with Crippen LogP contribution in [0.25, 0.3) is 0 Å². The van der Waals surface area contributed by atoms with Gasteiger partial charge in [0.2, 0.25) is 0 Å². The second-order valence-electron chi connectivity index (χ2n) is 7.99. The van der Waals surface area contributed by atoms with Gasteiger partial charge in [0.1, 0.15) is 0 Å². The number of cyclic esters (lactones) is 1. The number of piperidine rings is 1. The number of urea groups is 1. The van der Waals surface area contributed by atoms with E-state index in [1.165, 1.54) is 0 Å². The minimum Gasteiger partial charge on any atom is -0.445 e. The van der Waals surface area contributed by atoms with Gasteiger partial charge in [0, 0.05) is 31.2 Å². The predicted octanol–water partition coefficient (Wildman–Crippen LogP) is 2.97. The number of ether oxygens (including phenoxy) is 1. The largest absolute Gasteiger partial charge is 0.445 e. The average Bonchev–Trinajstić information content (AvgIpc) is 2.75. The first-order valence-corrected chi connectivity index (χ1v) is 10.2. The van der Waals surface area contributed by atoms with E-state index in [2.05, 4.69) is 10.6 Å². The molecule has 0 aliphatic carbocycles. The molecule has 2 N–H and O–H groups in total. The SMILES string of the molecule is C[C@@]1(C(=O)NC2CCN(C(=O)Nc3ccccc3)CC2)Cc2ccccc2C(=O)O1. The van der Waals surface area contributed by atoms with Crippen LogP contribution in [0.15, 0.2) is 54.6 Å². The van der Waals surface area contributed by atoms with Gasteiger partial charge < -0.3 is 20.3 Å². The number of carbonyl (C=O) groups is 3. The lowest BCUT2D eigenvalue weighted by Crippen LogP contribution is -2.56. The number of hydrogen-bond donors (Lipinski definition) is 2. The maximum atomic E-state index is 12.9. The summed E-state index contributed by atoms with van der Waals surface area (Å²) in [5.41, 5.74) is 0.859. The number of benzene rings is 2. The summed E-state index contributed by atoms with van der Waals surface area (Å²) < 4.78 is 5.50. The number of carbonyl (C=O) groups excluding carboxylic acids is 3. The third-order valence-electron chi connectivity index (χ3n) is 5.71. The Morgan fingerprint density at radius 2 is 1.70 bits per heavy atom. The van der Waals surface area contributed by atoms with Gasteiger partial charge in [-0.3, -0.25) is 4.79 Å². The number of para-hydroxylation sites is 1. The normalized spacial score (nSPS) is 21.4. The minimum absolute atomic E-state index is 0.0639. The van der Waals surface area contributed by atoms with Gasteiger partial charge in [0.05, 0.1) is 5.56 Å². The van der Waals surface area contributed by atoms with Crippen LogP contribution in [0.1, 0.15) is 35.7 Å². The van der Waals surface area contributed by atoms with E-state index in [1.54, 1.807) is 24.0 Å². The smallest absolute Gasteiger partial charge is 0.339 e. The van der Waals surface area contributed by atoms with E-state index in [0.29, 0.717) is 37.9 Å². The summed E-state index contributed by atoms with van der Waals surface area (Å²) >= 11 is 0. The number of nitrogens with zero attached hydrogens (tertiary/aromatic N) is 1. The number of hydrogen-bond acceptors (Lipinski definition) is 4. The molecule has 0 bridgehead atoms. The van der Waals surface area contributed by atoms with Crippen LogP contribution in [0.3, 0.4) is 0 Å². The molecule has 0 saturated carbocycles. The van der Waals surface area contributed by atoms with Crippen molar-refractivity contribution in [2.24, 2.45) is 0 Å². The van der Waals surface area contributed by atoms with Crippen LogP contribution >= 0.6 is 0 Å². The third kappa shape index (κ3) is 4.15. The van der Waals surface area contributed by atoms with Gasteiger partial charge in [0.15, 0.2) is 5.60 Å². The first-order chi connectivity index (χ1) is 14.4. The van der Waals surface area contributed by atoms with Crippen LogP contribution < -0.4 is 10.6 Å². The quantitative estimate of drug-likeness (QED) is 0.766. The van der Waals surface area contributed by atoms with Crippen molar-refractivity contribution in [1.29, 1.82) is 0 Å². The van der Waals surface area contributed by atoms with E-state index < -0.39 is 11.6 Å². The maximum Gasteiger partial charge on any atom is 0.339 e. The van der Waals surface area contributed by atoms with Gasteiger partial charge in [-0.05, 0) is 43.5 Å². The van der Waals surface area contributed by atoms with Crippen LogP contribution in [0.4, 0.5) is 10.5 Å². The Morgan fingerprint density at radius 1 is 1.03 bits per heavy atom. The highest BCUT2D eigenvalue weighted by Gasteiger charge is 2.43. The van der Waals surface area contributed by atoms with E-state index in [1.807, 2.05) is 42.5 Å². The van der Waals surface area contributed by atoms with Crippen molar-refractivity contribution in [2.75, 3.05) is 18.4 Å². The maximum absolute atomic E-state index is 12.9. The fraction of sp³-hybridized carbons (Fsp3) is 0.348. The molecule has 0 aromatic heterocycles. The first-order valence-electron chi connectivity index (χ1n) is 10.2. The number of fused-ring (bicyclic) bond motifs is 1. The Hall–Kier alpha value is -3.35. The Morgan fingerprint density at radius 3 is 2.43 bits per heavy atom. The van der Waals surface area contributed by atoms with E-state index in [4.69, 9.17) is 4.74 Å². The molecule has 2 aliphatic rings. The molecule has 1 fully saturated rings. The topological polar surface area (TPSA) is 87.7 Å². The molecule has 3 amide bonds. The van der Waals surface area contributed by atoms with Gasteiger partial charge in [-0.15, -0.1) is 0 Å². The standard InChI is InChI=1S/C23H25N3O4/c1-23(15-16-7-5-6-10-19(16)20(27)30-23)21(28)24-18-11-13-26(14-12-18)22(29)25-17-8-3-2-4-9-17/h2-10,18H,11-15H2,1H3,(H,24,28)(H,25,29)/t23-/m0/s1. The fourth-order valence-electron chi connectivity index (χ4n) is 3.95. The van der Waals surface area contributed by atoms with Crippen molar-refractivity contribution >= 4 is 23.6 Å². The number of esters is 1. The summed E-state index contributed by atoms with van der Waals surface area (Å²) in [5, 5.41) is 5.90. The second-order valence-corrected chi connectivity index (χ2v) is 7.99. The summed E-state index contributed by atoms with van der Waals surface area (Å²) in [6.07, 6.45) is 1.64. The van der Waals surface area contributed by atoms with E-state index in [9.17, 15) is 14.4 Å². The monoisotopic (exact) mass is 407 g/mol. The minimum atomic E-state index is -1.23. The second kappa shape index (κ2) is 8.18. The molecule has 0 spiro atoms. The van der Waals surface area contributed by atoms with E-state index >= 15 is 0 Å². The summed E-state index contributed by atoms with van der Waals surface area (Å²) in [6, 6.07) is 16.3. The molecular weight excluding hydrogens is 382 g/mol. The van der Waals surface area contributed by atoms with Crippen LogP contribution in [-0.2, 0) is 16.0 Å². The van der Waals surface area contributed by atoms with E-state index in [0.717, 1.165) is 11.3 Å². The molecule has 1 atom stereocenters. The van der Waals surface area contributed by atoms with Gasteiger partial charge in [-0.2, -0.15) is 0 Å². The molecule has 4 rings (SSSR count). The molecule has 30 heavy (non-hydrogen) atoms. The summed E-state index contributed by atoms with van der Waals surface area (Å²) in [7, 11) is 0. The average molecular weight is 407 g/mol. The van der Waals surface area contributed by atoms with Crippen molar-refractivity contribution in [3.63, 3.8) is 0 Å². The lowest BCUT2D eigenvalue weighted by molar-refractivity contribution is -0.140. The van der Waals surface area contributed by atoms with Gasteiger partial charge in [0.25, 0.3) is 5.91 Å². The molecular formula is C23H25N3O4. The Kier molecular flexibility index (Phi) is 5.44. The Bertz CT molecular complexity index is 954. The lowest BCUT2D eigenvalue weighted by atomic mass is 9.89. The molecule has 2 aromatic carbocycles. The summed E-state index contributed by atoms with van der Waals surface area (Å²) in [4.78, 5) is 39.4.